The average Bonchev–Trinajstić information content (AvgIpc) is 2.82. The Balaban J connectivity index is 1.52. The Morgan fingerprint density at radius 3 is 2.03 bits per heavy atom. The lowest BCUT2D eigenvalue weighted by molar-refractivity contribution is 0.340. The molecule has 0 unspecified atom stereocenters. The molecular weight excluding hydrogens is 447 g/mol. The molecule has 0 bridgehead atoms. The molecule has 0 aliphatic rings. The molecule has 0 fully saturated rings. The van der Waals surface area contributed by atoms with Crippen molar-refractivity contribution in [3.63, 3.8) is 0 Å². The van der Waals surface area contributed by atoms with Crippen molar-refractivity contribution in [1.82, 2.24) is 0 Å². The molecule has 0 N–H and O–H groups in total. The highest BCUT2D eigenvalue weighted by Crippen LogP contribution is 2.24. The first kappa shape index (κ1) is 23.3. The van der Waals surface area contributed by atoms with Crippen molar-refractivity contribution in [3.05, 3.63) is 112 Å². The van der Waals surface area contributed by atoms with Crippen LogP contribution in [0.4, 0.5) is 22.0 Å². The molecule has 0 saturated carbocycles. The van der Waals surface area contributed by atoms with Crippen LogP contribution in [0.25, 0.3) is 10.8 Å². The zero-order valence-electron chi connectivity index (χ0n) is 18.2. The minimum Gasteiger partial charge on any atom is -0.494 e. The van der Waals surface area contributed by atoms with E-state index >= 15 is 0 Å². The smallest absolute Gasteiger partial charge is 0.195 e. The molecular formula is C28H19F5O. The largest absolute Gasteiger partial charge is 0.494 e. The van der Waals surface area contributed by atoms with Crippen molar-refractivity contribution in [2.24, 2.45) is 0 Å². The fourth-order valence-electron chi connectivity index (χ4n) is 3.61. The summed E-state index contributed by atoms with van der Waals surface area (Å²) >= 11 is 0. The number of hydrogen-bond acceptors (Lipinski definition) is 1. The predicted octanol–water partition coefficient (Wildman–Crippen LogP) is 7.12. The molecule has 0 spiro atoms. The van der Waals surface area contributed by atoms with Gasteiger partial charge in [0.1, 0.15) is 17.4 Å². The number of benzene rings is 4. The number of hydrogen-bond donors (Lipinski definition) is 0. The molecule has 0 atom stereocenters. The van der Waals surface area contributed by atoms with E-state index in [1.165, 1.54) is 30.3 Å². The third kappa shape index (κ3) is 5.04. The lowest BCUT2D eigenvalue weighted by Gasteiger charge is -2.07. The van der Waals surface area contributed by atoms with Crippen molar-refractivity contribution < 1.29 is 26.7 Å². The van der Waals surface area contributed by atoms with Gasteiger partial charge in [-0.15, -0.1) is 0 Å². The van der Waals surface area contributed by atoms with E-state index in [4.69, 9.17) is 4.74 Å². The molecule has 0 aliphatic carbocycles. The number of rotatable bonds is 5. The quantitative estimate of drug-likeness (QED) is 0.173. The highest BCUT2D eigenvalue weighted by Gasteiger charge is 2.14. The summed E-state index contributed by atoms with van der Waals surface area (Å²) in [4.78, 5) is 0. The molecule has 172 valence electrons. The number of fused-ring (bicyclic) bond motifs is 1. The third-order valence-corrected chi connectivity index (χ3v) is 5.34. The second kappa shape index (κ2) is 9.96. The summed E-state index contributed by atoms with van der Waals surface area (Å²) in [5.41, 5.74) is 1.38. The van der Waals surface area contributed by atoms with Crippen LogP contribution in [-0.2, 0) is 12.8 Å². The average molecular weight is 466 g/mol. The second-order valence-corrected chi connectivity index (χ2v) is 7.68. The molecule has 0 radical (unpaired) electrons. The van der Waals surface area contributed by atoms with Crippen LogP contribution in [-0.4, -0.2) is 6.61 Å². The maximum absolute atomic E-state index is 14.6. The normalized spacial score (nSPS) is 10.8. The Bertz CT molecular complexity index is 1390. The first-order chi connectivity index (χ1) is 16.4. The summed E-state index contributed by atoms with van der Waals surface area (Å²) in [6.07, 6.45) is 1.04. The Kier molecular flexibility index (Phi) is 6.83. The Morgan fingerprint density at radius 1 is 0.676 bits per heavy atom. The predicted molar refractivity (Wildman–Crippen MR) is 121 cm³/mol. The van der Waals surface area contributed by atoms with Crippen LogP contribution in [0.5, 0.6) is 5.75 Å². The van der Waals surface area contributed by atoms with Gasteiger partial charge in [0.25, 0.3) is 0 Å². The minimum absolute atomic E-state index is 0.0915. The van der Waals surface area contributed by atoms with Gasteiger partial charge in [-0.3, -0.25) is 0 Å². The van der Waals surface area contributed by atoms with Gasteiger partial charge in [0.15, 0.2) is 17.5 Å². The molecule has 0 amide bonds. The number of halogens is 5. The van der Waals surface area contributed by atoms with E-state index < -0.39 is 34.6 Å². The number of ether oxygens (including phenoxy) is 1. The molecule has 0 aromatic heterocycles. The van der Waals surface area contributed by atoms with Gasteiger partial charge >= 0.3 is 0 Å². The lowest BCUT2D eigenvalue weighted by Crippen LogP contribution is -1.98. The molecule has 0 saturated heterocycles. The maximum atomic E-state index is 14.6. The SMILES string of the molecule is CCOc1ccc(CCc2cc(F)c(C#Cc3ccc4c(F)c(F)c(F)cc4c3)c(F)c2)cc1. The Labute approximate surface area is 193 Å². The summed E-state index contributed by atoms with van der Waals surface area (Å²) < 4.78 is 75.3. The molecule has 34 heavy (non-hydrogen) atoms. The van der Waals surface area contributed by atoms with Crippen molar-refractivity contribution in [2.75, 3.05) is 6.61 Å². The molecule has 1 nitrogen and oxygen atoms in total. The zero-order chi connectivity index (χ0) is 24.2. The van der Waals surface area contributed by atoms with Crippen LogP contribution in [0.2, 0.25) is 0 Å². The van der Waals surface area contributed by atoms with E-state index in [2.05, 4.69) is 11.8 Å². The molecule has 4 aromatic carbocycles. The number of aryl methyl sites for hydroxylation is 2. The van der Waals surface area contributed by atoms with Crippen molar-refractivity contribution in [2.45, 2.75) is 19.8 Å². The summed E-state index contributed by atoms with van der Waals surface area (Å²) in [6, 6.07) is 14.8. The topological polar surface area (TPSA) is 9.23 Å². The maximum Gasteiger partial charge on any atom is 0.195 e. The standard InChI is InChI=1S/C28H19F5O/c1-2-34-21-9-5-17(6-10-21)3-4-19-14-24(29)23(25(30)15-19)12-8-18-7-11-22-20(13-18)16-26(31)28(33)27(22)32/h5-7,9-11,13-16H,2-4H2,1H3. The van der Waals surface area contributed by atoms with Gasteiger partial charge in [0, 0.05) is 10.9 Å². The van der Waals surface area contributed by atoms with Gasteiger partial charge in [-0.1, -0.05) is 30.0 Å². The van der Waals surface area contributed by atoms with Gasteiger partial charge in [-0.25, -0.2) is 22.0 Å². The van der Waals surface area contributed by atoms with Crippen molar-refractivity contribution in [3.8, 4) is 17.6 Å². The van der Waals surface area contributed by atoms with Crippen LogP contribution in [0.15, 0.2) is 60.7 Å². The fourth-order valence-corrected chi connectivity index (χ4v) is 3.61. The van der Waals surface area contributed by atoms with E-state index in [0.717, 1.165) is 17.4 Å². The Morgan fingerprint density at radius 2 is 1.35 bits per heavy atom. The molecule has 4 aromatic rings. The zero-order valence-corrected chi connectivity index (χ0v) is 18.2. The van der Waals surface area contributed by atoms with Crippen LogP contribution < -0.4 is 4.74 Å². The van der Waals surface area contributed by atoms with Gasteiger partial charge in [-0.05, 0) is 78.7 Å². The summed E-state index contributed by atoms with van der Waals surface area (Å²) in [6.45, 7) is 2.47. The second-order valence-electron chi connectivity index (χ2n) is 7.68. The van der Waals surface area contributed by atoms with Gasteiger partial charge in [0.2, 0.25) is 0 Å². The minimum atomic E-state index is -1.56. The molecule has 0 heterocycles. The first-order valence-electron chi connectivity index (χ1n) is 10.6. The van der Waals surface area contributed by atoms with Crippen LogP contribution in [0, 0.1) is 40.9 Å². The van der Waals surface area contributed by atoms with Gasteiger partial charge in [-0.2, -0.15) is 0 Å². The van der Waals surface area contributed by atoms with Crippen molar-refractivity contribution >= 4 is 10.8 Å². The van der Waals surface area contributed by atoms with E-state index in [9.17, 15) is 22.0 Å². The van der Waals surface area contributed by atoms with E-state index in [0.29, 0.717) is 25.0 Å². The monoisotopic (exact) mass is 466 g/mol. The Hall–Kier alpha value is -3.85. The molecule has 4 rings (SSSR count). The van der Waals surface area contributed by atoms with Crippen molar-refractivity contribution in [1.29, 1.82) is 0 Å². The van der Waals surface area contributed by atoms with Gasteiger partial charge in [0.05, 0.1) is 12.2 Å². The highest BCUT2D eigenvalue weighted by molar-refractivity contribution is 5.84. The van der Waals surface area contributed by atoms with Gasteiger partial charge < -0.3 is 4.74 Å². The van der Waals surface area contributed by atoms with E-state index in [1.54, 1.807) is 0 Å². The highest BCUT2D eigenvalue weighted by atomic mass is 19.2. The molecule has 6 heteroatoms. The van der Waals surface area contributed by atoms with Crippen LogP contribution in [0.3, 0.4) is 0 Å². The first-order valence-corrected chi connectivity index (χ1v) is 10.6. The summed E-state index contributed by atoms with van der Waals surface area (Å²) in [5, 5.41) is -0.0209. The van der Waals surface area contributed by atoms with E-state index in [1.807, 2.05) is 31.2 Å². The fraction of sp³-hybridized carbons (Fsp3) is 0.143. The summed E-state index contributed by atoms with van der Waals surface area (Å²) in [7, 11) is 0. The van der Waals surface area contributed by atoms with Crippen LogP contribution in [0.1, 0.15) is 29.2 Å². The van der Waals surface area contributed by atoms with E-state index in [-0.39, 0.29) is 16.3 Å². The lowest BCUT2D eigenvalue weighted by atomic mass is 10.0. The van der Waals surface area contributed by atoms with Crippen LogP contribution >= 0.6 is 0 Å². The third-order valence-electron chi connectivity index (χ3n) is 5.34. The molecule has 0 aliphatic heterocycles. The summed E-state index contributed by atoms with van der Waals surface area (Å²) in [5.74, 6) is 0.0351.